The Morgan fingerprint density at radius 1 is 1.40 bits per heavy atom. The number of carboxylic acid groups (broad SMARTS) is 1. The van der Waals surface area contributed by atoms with Crippen molar-refractivity contribution in [3.63, 3.8) is 0 Å². The van der Waals surface area contributed by atoms with Crippen LogP contribution in [-0.2, 0) is 10.0 Å². The number of aromatic carboxylic acids is 1. The molecule has 10 heteroatoms. The predicted octanol–water partition coefficient (Wildman–Crippen LogP) is 3.06. The van der Waals surface area contributed by atoms with Crippen molar-refractivity contribution in [2.45, 2.75) is 4.21 Å². The summed E-state index contributed by atoms with van der Waals surface area (Å²) < 4.78 is 26.9. The van der Waals surface area contributed by atoms with Crippen molar-refractivity contribution in [3.05, 3.63) is 38.9 Å². The number of halogens is 2. The lowest BCUT2D eigenvalue weighted by Crippen LogP contribution is -2.12. The van der Waals surface area contributed by atoms with E-state index in [4.69, 9.17) is 16.7 Å². The number of nitrogens with one attached hydrogen (secondary N) is 1. The number of hydrogen-bond acceptors (Lipinski definition) is 5. The summed E-state index contributed by atoms with van der Waals surface area (Å²) in [7, 11) is -3.84. The van der Waals surface area contributed by atoms with Crippen molar-refractivity contribution < 1.29 is 18.3 Å². The zero-order valence-electron chi connectivity index (χ0n) is 9.50. The van der Waals surface area contributed by atoms with Gasteiger partial charge in [-0.1, -0.05) is 11.6 Å². The highest BCUT2D eigenvalue weighted by atomic mass is 79.9. The quantitative estimate of drug-likeness (QED) is 0.826. The maximum absolute atomic E-state index is 12.1. The lowest BCUT2D eigenvalue weighted by Gasteiger charge is -2.06. The van der Waals surface area contributed by atoms with Gasteiger partial charge in [0.25, 0.3) is 10.0 Å². The maximum atomic E-state index is 12.1. The Kier molecular flexibility index (Phi) is 4.33. The Bertz CT molecular complexity index is 756. The number of hydrogen-bond donors (Lipinski definition) is 2. The number of carbonyl (C=O) groups is 1. The van der Waals surface area contributed by atoms with Crippen molar-refractivity contribution in [1.29, 1.82) is 0 Å². The predicted molar refractivity (Wildman–Crippen MR) is 79.0 cm³/mol. The molecule has 0 unspecified atom stereocenters. The normalized spacial score (nSPS) is 11.3. The first-order chi connectivity index (χ1) is 9.29. The van der Waals surface area contributed by atoms with E-state index in [2.05, 4.69) is 25.6 Å². The highest BCUT2D eigenvalue weighted by Crippen LogP contribution is 2.35. The molecule has 2 aromatic rings. The first-order valence-electron chi connectivity index (χ1n) is 4.95. The van der Waals surface area contributed by atoms with Crippen LogP contribution in [0.25, 0.3) is 0 Å². The van der Waals surface area contributed by atoms with Gasteiger partial charge in [-0.3, -0.25) is 9.71 Å². The molecule has 2 N–H and O–H groups in total. The standard InChI is InChI=1S/C10H6BrClN2O4S2/c11-9-7(12)2-8(19-9)20(17,18)14-6-1-5(10(15)16)3-13-4-6/h1-4,14H,(H,15,16). The zero-order valence-corrected chi connectivity index (χ0v) is 13.5. The molecule has 2 heterocycles. The van der Waals surface area contributed by atoms with Gasteiger partial charge in [0.05, 0.1) is 26.3 Å². The fourth-order valence-electron chi connectivity index (χ4n) is 1.28. The summed E-state index contributed by atoms with van der Waals surface area (Å²) >= 11 is 9.86. The summed E-state index contributed by atoms with van der Waals surface area (Å²) in [5.74, 6) is -1.19. The molecule has 6 nitrogen and oxygen atoms in total. The van der Waals surface area contributed by atoms with Crippen LogP contribution in [0.1, 0.15) is 10.4 Å². The molecule has 0 atom stereocenters. The molecule has 0 spiro atoms. The maximum Gasteiger partial charge on any atom is 0.337 e. The molecule has 2 rings (SSSR count). The monoisotopic (exact) mass is 396 g/mol. The van der Waals surface area contributed by atoms with Crippen LogP contribution >= 0.6 is 38.9 Å². The Hall–Kier alpha value is -1.16. The van der Waals surface area contributed by atoms with Crippen LogP contribution in [0.4, 0.5) is 5.69 Å². The van der Waals surface area contributed by atoms with E-state index >= 15 is 0 Å². The average Bonchev–Trinajstić information content (AvgIpc) is 2.70. The van der Waals surface area contributed by atoms with Gasteiger partial charge in [-0.25, -0.2) is 13.2 Å². The first kappa shape index (κ1) is 15.2. The third kappa shape index (κ3) is 3.29. The minimum absolute atomic E-state index is 0.00935. The van der Waals surface area contributed by atoms with Gasteiger partial charge in [-0.05, 0) is 28.1 Å². The molecule has 0 aliphatic heterocycles. The van der Waals surface area contributed by atoms with E-state index in [0.717, 1.165) is 17.5 Å². The van der Waals surface area contributed by atoms with Crippen LogP contribution in [0.3, 0.4) is 0 Å². The van der Waals surface area contributed by atoms with Gasteiger partial charge in [0.2, 0.25) is 0 Å². The minimum Gasteiger partial charge on any atom is -0.478 e. The minimum atomic E-state index is -3.84. The molecular formula is C10H6BrClN2O4S2. The smallest absolute Gasteiger partial charge is 0.337 e. The summed E-state index contributed by atoms with van der Waals surface area (Å²) in [5, 5.41) is 9.11. The van der Waals surface area contributed by atoms with Gasteiger partial charge >= 0.3 is 5.97 Å². The molecule has 0 amide bonds. The second-order valence-corrected chi connectivity index (χ2v) is 8.25. The molecular weight excluding hydrogens is 392 g/mol. The third-order valence-electron chi connectivity index (χ3n) is 2.12. The molecule has 2 aromatic heterocycles. The number of thiophene rings is 1. The molecule has 0 fully saturated rings. The topological polar surface area (TPSA) is 96.4 Å². The van der Waals surface area contributed by atoms with Crippen molar-refractivity contribution in [1.82, 2.24) is 4.98 Å². The van der Waals surface area contributed by atoms with Crippen LogP contribution in [0.2, 0.25) is 5.02 Å². The zero-order chi connectivity index (χ0) is 14.9. The molecule has 0 saturated heterocycles. The number of pyridine rings is 1. The van der Waals surface area contributed by atoms with Crippen LogP contribution < -0.4 is 4.72 Å². The summed E-state index contributed by atoms with van der Waals surface area (Å²) in [6.07, 6.45) is 2.34. The van der Waals surface area contributed by atoms with E-state index in [1.165, 1.54) is 18.3 Å². The molecule has 0 aliphatic carbocycles. The average molecular weight is 398 g/mol. The van der Waals surface area contributed by atoms with Gasteiger partial charge < -0.3 is 5.11 Å². The number of aromatic nitrogens is 1. The Balaban J connectivity index is 2.33. The molecule has 0 aromatic carbocycles. The molecule has 0 bridgehead atoms. The van der Waals surface area contributed by atoms with Crippen LogP contribution in [0.5, 0.6) is 0 Å². The lowest BCUT2D eigenvalue weighted by atomic mass is 10.3. The fraction of sp³-hybridized carbons (Fsp3) is 0. The van der Waals surface area contributed by atoms with Crippen molar-refractivity contribution in [2.75, 3.05) is 4.72 Å². The largest absolute Gasteiger partial charge is 0.478 e. The first-order valence-corrected chi connectivity index (χ1v) is 8.42. The fourth-order valence-corrected chi connectivity index (χ4v) is 4.71. The number of anilines is 1. The summed E-state index contributed by atoms with van der Waals surface area (Å²) in [4.78, 5) is 14.5. The van der Waals surface area contributed by atoms with E-state index in [1.807, 2.05) is 0 Å². The second-order valence-electron chi connectivity index (χ2n) is 3.56. The van der Waals surface area contributed by atoms with Gasteiger partial charge in [0.1, 0.15) is 4.21 Å². The van der Waals surface area contributed by atoms with E-state index in [0.29, 0.717) is 3.79 Å². The summed E-state index contributed by atoms with van der Waals surface area (Å²) in [6, 6.07) is 2.48. The molecule has 0 radical (unpaired) electrons. The number of rotatable bonds is 4. The summed E-state index contributed by atoms with van der Waals surface area (Å²) in [5.41, 5.74) is -0.0545. The van der Waals surface area contributed by atoms with E-state index in [9.17, 15) is 13.2 Å². The second kappa shape index (κ2) is 5.68. The van der Waals surface area contributed by atoms with Gasteiger partial charge in [-0.2, -0.15) is 0 Å². The molecule has 0 aliphatic rings. The SMILES string of the molecule is O=C(O)c1cncc(NS(=O)(=O)c2cc(Cl)c(Br)s2)c1. The van der Waals surface area contributed by atoms with Crippen molar-refractivity contribution in [3.8, 4) is 0 Å². The van der Waals surface area contributed by atoms with Gasteiger partial charge in [0, 0.05) is 6.20 Å². The number of sulfonamides is 1. The van der Waals surface area contributed by atoms with Crippen molar-refractivity contribution >= 4 is 60.5 Å². The van der Waals surface area contributed by atoms with Gasteiger partial charge in [-0.15, -0.1) is 11.3 Å². The number of nitrogens with zero attached hydrogens (tertiary/aromatic N) is 1. The Labute approximate surface area is 131 Å². The molecule has 0 saturated carbocycles. The highest BCUT2D eigenvalue weighted by molar-refractivity contribution is 9.11. The highest BCUT2D eigenvalue weighted by Gasteiger charge is 2.19. The third-order valence-corrected chi connectivity index (χ3v) is 6.45. The van der Waals surface area contributed by atoms with Crippen LogP contribution in [-0.4, -0.2) is 24.5 Å². The summed E-state index contributed by atoms with van der Waals surface area (Å²) in [6.45, 7) is 0. The van der Waals surface area contributed by atoms with E-state index in [1.54, 1.807) is 0 Å². The lowest BCUT2D eigenvalue weighted by molar-refractivity contribution is 0.0696. The van der Waals surface area contributed by atoms with E-state index < -0.39 is 16.0 Å². The van der Waals surface area contributed by atoms with Gasteiger partial charge in [0.15, 0.2) is 0 Å². The van der Waals surface area contributed by atoms with E-state index in [-0.39, 0.29) is 20.5 Å². The number of carboxylic acids is 1. The Morgan fingerprint density at radius 3 is 2.65 bits per heavy atom. The van der Waals surface area contributed by atoms with Crippen LogP contribution in [0, 0.1) is 0 Å². The molecule has 20 heavy (non-hydrogen) atoms. The van der Waals surface area contributed by atoms with Crippen LogP contribution in [0.15, 0.2) is 32.5 Å². The van der Waals surface area contributed by atoms with Crippen molar-refractivity contribution in [2.24, 2.45) is 0 Å². The molecule has 106 valence electrons. The Morgan fingerprint density at radius 2 is 2.10 bits per heavy atom.